The van der Waals surface area contributed by atoms with Crippen molar-refractivity contribution in [1.82, 2.24) is 25.6 Å². The molecule has 156 valence electrons. The highest BCUT2D eigenvalue weighted by atomic mass is 19.1. The molecule has 31 heavy (non-hydrogen) atoms. The first kappa shape index (κ1) is 20.2. The third-order valence-electron chi connectivity index (χ3n) is 4.79. The molecule has 2 amide bonds. The second-order valence-electron chi connectivity index (χ2n) is 7.28. The van der Waals surface area contributed by atoms with Crippen LogP contribution in [0.5, 0.6) is 0 Å². The third kappa shape index (κ3) is 4.13. The van der Waals surface area contributed by atoms with E-state index < -0.39 is 11.8 Å². The van der Waals surface area contributed by atoms with E-state index in [9.17, 15) is 14.0 Å². The number of hydrogen-bond donors (Lipinski definition) is 2. The molecule has 2 aromatic carbocycles. The predicted molar refractivity (Wildman–Crippen MR) is 114 cm³/mol. The van der Waals surface area contributed by atoms with Gasteiger partial charge in [-0.25, -0.2) is 14.1 Å². The van der Waals surface area contributed by atoms with Crippen molar-refractivity contribution in [3.05, 3.63) is 89.6 Å². The SMILES string of the molecule is CC(C)c1c(C(=O)NNC(=O)c2ccc3ccccc3n2)cnn1-c1ccc(F)cc1. The smallest absolute Gasteiger partial charge is 0.267 e. The van der Waals surface area contributed by atoms with Gasteiger partial charge in [0.25, 0.3) is 11.8 Å². The van der Waals surface area contributed by atoms with Crippen LogP contribution in [0.2, 0.25) is 0 Å². The van der Waals surface area contributed by atoms with Gasteiger partial charge < -0.3 is 0 Å². The van der Waals surface area contributed by atoms with Gasteiger partial charge in [-0.1, -0.05) is 38.1 Å². The number of hydrogen-bond acceptors (Lipinski definition) is 4. The number of fused-ring (bicyclic) bond motifs is 1. The molecule has 2 aromatic heterocycles. The Balaban J connectivity index is 1.52. The lowest BCUT2D eigenvalue weighted by atomic mass is 10.1. The molecule has 4 rings (SSSR count). The molecule has 2 N–H and O–H groups in total. The average molecular weight is 417 g/mol. The fourth-order valence-electron chi connectivity index (χ4n) is 3.31. The Kier molecular flexibility index (Phi) is 5.44. The van der Waals surface area contributed by atoms with Crippen molar-refractivity contribution in [1.29, 1.82) is 0 Å². The van der Waals surface area contributed by atoms with Crippen LogP contribution in [0.1, 0.15) is 46.3 Å². The van der Waals surface area contributed by atoms with Crippen molar-refractivity contribution in [2.24, 2.45) is 0 Å². The zero-order chi connectivity index (χ0) is 22.0. The zero-order valence-corrected chi connectivity index (χ0v) is 17.0. The molecule has 0 fully saturated rings. The van der Waals surface area contributed by atoms with Crippen LogP contribution in [0, 0.1) is 5.82 Å². The molecule has 0 aliphatic heterocycles. The summed E-state index contributed by atoms with van der Waals surface area (Å²) >= 11 is 0. The number of para-hydroxylation sites is 1. The van der Waals surface area contributed by atoms with Gasteiger partial charge in [-0.2, -0.15) is 5.10 Å². The summed E-state index contributed by atoms with van der Waals surface area (Å²) in [6, 6.07) is 16.7. The number of carbonyl (C=O) groups is 2. The van der Waals surface area contributed by atoms with Crippen LogP contribution in [0.25, 0.3) is 16.6 Å². The highest BCUT2D eigenvalue weighted by molar-refractivity contribution is 5.99. The molecule has 8 heteroatoms. The average Bonchev–Trinajstić information content (AvgIpc) is 3.23. The van der Waals surface area contributed by atoms with Crippen molar-refractivity contribution >= 4 is 22.7 Å². The van der Waals surface area contributed by atoms with Gasteiger partial charge in [-0.15, -0.1) is 0 Å². The maximum atomic E-state index is 13.3. The number of halogens is 1. The molecule has 0 spiro atoms. The maximum Gasteiger partial charge on any atom is 0.288 e. The monoisotopic (exact) mass is 417 g/mol. The van der Waals surface area contributed by atoms with Crippen molar-refractivity contribution < 1.29 is 14.0 Å². The lowest BCUT2D eigenvalue weighted by Gasteiger charge is -2.13. The third-order valence-corrected chi connectivity index (χ3v) is 4.79. The summed E-state index contributed by atoms with van der Waals surface area (Å²) in [7, 11) is 0. The zero-order valence-electron chi connectivity index (χ0n) is 17.0. The molecule has 0 atom stereocenters. The fourth-order valence-corrected chi connectivity index (χ4v) is 3.31. The summed E-state index contributed by atoms with van der Waals surface area (Å²) in [5, 5.41) is 5.20. The Morgan fingerprint density at radius 1 is 0.935 bits per heavy atom. The first-order valence-corrected chi connectivity index (χ1v) is 9.74. The van der Waals surface area contributed by atoms with Crippen LogP contribution < -0.4 is 10.9 Å². The van der Waals surface area contributed by atoms with Gasteiger partial charge in [-0.05, 0) is 42.3 Å². The number of aromatic nitrogens is 3. The maximum absolute atomic E-state index is 13.3. The molecule has 2 heterocycles. The molecule has 7 nitrogen and oxygen atoms in total. The van der Waals surface area contributed by atoms with Gasteiger partial charge >= 0.3 is 0 Å². The van der Waals surface area contributed by atoms with Crippen molar-refractivity contribution in [2.75, 3.05) is 0 Å². The highest BCUT2D eigenvalue weighted by Crippen LogP contribution is 2.23. The van der Waals surface area contributed by atoms with Crippen LogP contribution in [0.4, 0.5) is 4.39 Å². The number of nitrogens with zero attached hydrogens (tertiary/aromatic N) is 3. The highest BCUT2D eigenvalue weighted by Gasteiger charge is 2.21. The molecule has 0 bridgehead atoms. The normalized spacial score (nSPS) is 11.0. The van der Waals surface area contributed by atoms with Crippen LogP contribution >= 0.6 is 0 Å². The summed E-state index contributed by atoms with van der Waals surface area (Å²) in [6.45, 7) is 3.84. The van der Waals surface area contributed by atoms with Crippen molar-refractivity contribution in [3.63, 3.8) is 0 Å². The fraction of sp³-hybridized carbons (Fsp3) is 0.130. The summed E-state index contributed by atoms with van der Waals surface area (Å²) < 4.78 is 14.8. The number of hydrazine groups is 1. The minimum Gasteiger partial charge on any atom is -0.267 e. The van der Waals surface area contributed by atoms with E-state index in [1.54, 1.807) is 28.9 Å². The quantitative estimate of drug-likeness (QED) is 0.495. The molecule has 0 aliphatic carbocycles. The molecule has 0 aliphatic rings. The number of carbonyl (C=O) groups excluding carboxylic acids is 2. The Hall–Kier alpha value is -4.07. The Morgan fingerprint density at radius 2 is 1.65 bits per heavy atom. The number of benzene rings is 2. The lowest BCUT2D eigenvalue weighted by Crippen LogP contribution is -2.42. The molecule has 4 aromatic rings. The van der Waals surface area contributed by atoms with Gasteiger partial charge in [-0.3, -0.25) is 20.4 Å². The van der Waals surface area contributed by atoms with Crippen LogP contribution in [0.3, 0.4) is 0 Å². The van der Waals surface area contributed by atoms with Gasteiger partial charge in [0.05, 0.1) is 28.7 Å². The van der Waals surface area contributed by atoms with Gasteiger partial charge in [0.1, 0.15) is 11.5 Å². The number of nitrogens with one attached hydrogen (secondary N) is 2. The van der Waals surface area contributed by atoms with E-state index >= 15 is 0 Å². The molecule has 0 saturated heterocycles. The van der Waals surface area contributed by atoms with Crippen molar-refractivity contribution in [3.8, 4) is 5.69 Å². The first-order valence-electron chi connectivity index (χ1n) is 9.74. The predicted octanol–water partition coefficient (Wildman–Crippen LogP) is 3.76. The van der Waals surface area contributed by atoms with E-state index in [1.807, 2.05) is 38.1 Å². The molecule has 0 unspecified atom stereocenters. The van der Waals surface area contributed by atoms with E-state index in [2.05, 4.69) is 20.9 Å². The molecular weight excluding hydrogens is 397 g/mol. The van der Waals surface area contributed by atoms with Gasteiger partial charge in [0, 0.05) is 5.39 Å². The van der Waals surface area contributed by atoms with Crippen molar-refractivity contribution in [2.45, 2.75) is 19.8 Å². The standard InChI is InChI=1S/C23H20FN5O2/c1-14(2)21-18(13-25-29(21)17-10-8-16(24)9-11-17)22(30)27-28-23(31)20-12-7-15-5-3-4-6-19(15)26-20/h3-14H,1-2H3,(H,27,30)(H,28,31). The summed E-state index contributed by atoms with van der Waals surface area (Å²) in [5.41, 5.74) is 7.27. The van der Waals surface area contributed by atoms with E-state index in [1.165, 1.54) is 18.3 Å². The van der Waals surface area contributed by atoms with Gasteiger partial charge in [0.2, 0.25) is 0 Å². The minimum atomic E-state index is -0.531. The minimum absolute atomic E-state index is 0.0499. The van der Waals surface area contributed by atoms with Crippen LogP contribution in [0.15, 0.2) is 66.9 Å². The van der Waals surface area contributed by atoms with E-state index in [0.717, 1.165) is 5.39 Å². The number of rotatable bonds is 4. The molecule has 0 radical (unpaired) electrons. The molecule has 0 saturated carbocycles. The van der Waals surface area contributed by atoms with E-state index in [-0.39, 0.29) is 17.4 Å². The summed E-state index contributed by atoms with van der Waals surface area (Å²) in [4.78, 5) is 29.5. The van der Waals surface area contributed by atoms with E-state index in [0.29, 0.717) is 22.5 Å². The van der Waals surface area contributed by atoms with Crippen LogP contribution in [-0.4, -0.2) is 26.6 Å². The first-order chi connectivity index (χ1) is 14.9. The second-order valence-corrected chi connectivity index (χ2v) is 7.28. The van der Waals surface area contributed by atoms with Crippen LogP contribution in [-0.2, 0) is 0 Å². The molecular formula is C23H20FN5O2. The second kappa shape index (κ2) is 8.35. The topological polar surface area (TPSA) is 88.9 Å². The number of amides is 2. The largest absolute Gasteiger partial charge is 0.288 e. The van der Waals surface area contributed by atoms with E-state index in [4.69, 9.17) is 0 Å². The summed E-state index contributed by atoms with van der Waals surface area (Å²) in [5.74, 6) is -1.45. The lowest BCUT2D eigenvalue weighted by molar-refractivity contribution is 0.0843. The Morgan fingerprint density at radius 3 is 2.39 bits per heavy atom. The summed E-state index contributed by atoms with van der Waals surface area (Å²) in [6.07, 6.45) is 1.43. The number of pyridine rings is 1. The van der Waals surface area contributed by atoms with Gasteiger partial charge in [0.15, 0.2) is 0 Å². The Labute approximate surface area is 177 Å². The Bertz CT molecular complexity index is 1260.